The van der Waals surface area contributed by atoms with Gasteiger partial charge in [0, 0.05) is 43.6 Å². The summed E-state index contributed by atoms with van der Waals surface area (Å²) in [7, 11) is 0. The van der Waals surface area contributed by atoms with Crippen LogP contribution in [0.5, 0.6) is 5.88 Å². The molecule has 0 aliphatic carbocycles. The largest absolute Gasteiger partial charge is 0.490 e. The average molecular weight is 528 g/mol. The molecule has 36 heavy (non-hydrogen) atoms. The molecule has 0 aromatic carbocycles. The van der Waals surface area contributed by atoms with Crippen molar-refractivity contribution in [3.8, 4) is 5.88 Å². The van der Waals surface area contributed by atoms with Gasteiger partial charge in [0.2, 0.25) is 5.88 Å². The lowest BCUT2D eigenvalue weighted by Crippen LogP contribution is -2.42. The molecule has 2 N–H and O–H groups in total. The molecule has 0 amide bonds. The predicted octanol–water partition coefficient (Wildman–Crippen LogP) is 3.75. The summed E-state index contributed by atoms with van der Waals surface area (Å²) in [6.07, 6.45) is -2.44. The van der Waals surface area contributed by atoms with E-state index in [4.69, 9.17) is 33.7 Å². The van der Waals surface area contributed by atoms with Crippen LogP contribution in [-0.4, -0.2) is 75.8 Å². The van der Waals surface area contributed by atoms with Gasteiger partial charge >= 0.3 is 24.3 Å². The highest BCUT2D eigenvalue weighted by Crippen LogP contribution is 2.32. The van der Waals surface area contributed by atoms with Gasteiger partial charge in [0.1, 0.15) is 12.2 Å². The zero-order valence-electron chi connectivity index (χ0n) is 18.4. The quantitative estimate of drug-likeness (QED) is 0.572. The van der Waals surface area contributed by atoms with Crippen LogP contribution in [0.15, 0.2) is 47.4 Å². The highest BCUT2D eigenvalue weighted by atomic mass is 19.4. The van der Waals surface area contributed by atoms with Crippen LogP contribution in [0.3, 0.4) is 0 Å². The number of hydrogen-bond donors (Lipinski definition) is 2. The van der Waals surface area contributed by atoms with E-state index in [1.54, 1.807) is 12.5 Å². The van der Waals surface area contributed by atoms with Crippen molar-refractivity contribution in [2.75, 3.05) is 13.2 Å². The van der Waals surface area contributed by atoms with Crippen molar-refractivity contribution < 1.29 is 60.0 Å². The molecular weight excluding hydrogens is 506 g/mol. The second-order valence-electron chi connectivity index (χ2n) is 7.54. The van der Waals surface area contributed by atoms with Gasteiger partial charge in [0.05, 0.1) is 12.5 Å². The molecule has 15 heteroatoms. The number of alkyl halides is 6. The molecule has 0 unspecified atom stereocenters. The summed E-state index contributed by atoms with van der Waals surface area (Å²) in [6, 6.07) is 8.17. The van der Waals surface area contributed by atoms with Crippen molar-refractivity contribution in [1.82, 2.24) is 9.88 Å². The lowest BCUT2D eigenvalue weighted by atomic mass is 10.0. The lowest BCUT2D eigenvalue weighted by molar-refractivity contribution is -0.193. The summed E-state index contributed by atoms with van der Waals surface area (Å²) in [5, 5.41) is 14.2. The minimum atomic E-state index is -5.08. The molecule has 0 saturated carbocycles. The number of halogens is 6. The first-order chi connectivity index (χ1) is 16.8. The standard InChI is InChI=1S/C17H20N2O3.2C2HF3O2/c1-2-7-18-16(5-1)22-15-11-19(10-13-6-9-20-12-13)14-4-3-8-21-17(14)15;2*3-2(4,5)1(6)7/h1-2,5-7,9,12,14-15,17H,3-4,8,10-11H2;2*(H,6,7)/t14-,15-,17+;;/m1../s1. The fourth-order valence-corrected chi connectivity index (χ4v) is 3.48. The number of carbonyl (C=O) groups is 2. The SMILES string of the molecule is O=C(O)C(F)(F)F.O=C(O)C(F)(F)F.c1ccc(O[C@@H]2CN(Cc3ccoc3)[C@@H]3CCCO[C@@H]32)nc1. The van der Waals surface area contributed by atoms with Crippen molar-refractivity contribution in [2.24, 2.45) is 0 Å². The second kappa shape index (κ2) is 12.6. The van der Waals surface area contributed by atoms with Crippen LogP contribution in [-0.2, 0) is 20.9 Å². The fourth-order valence-electron chi connectivity index (χ4n) is 3.48. The summed E-state index contributed by atoms with van der Waals surface area (Å²) in [5.41, 5.74) is 1.20. The normalized spacial score (nSPS) is 21.8. The first-order valence-corrected chi connectivity index (χ1v) is 10.3. The number of fused-ring (bicyclic) bond motifs is 1. The third-order valence-corrected chi connectivity index (χ3v) is 4.94. The molecule has 2 aromatic rings. The molecule has 0 radical (unpaired) electrons. The minimum absolute atomic E-state index is 0.0344. The average Bonchev–Trinajstić information content (AvgIpc) is 3.43. The van der Waals surface area contributed by atoms with Gasteiger partial charge in [-0.25, -0.2) is 14.6 Å². The number of furan rings is 1. The molecule has 2 aliphatic rings. The van der Waals surface area contributed by atoms with E-state index < -0.39 is 24.3 Å². The first kappa shape index (κ1) is 28.9. The summed E-state index contributed by atoms with van der Waals surface area (Å²) in [4.78, 5) is 24.5. The van der Waals surface area contributed by atoms with E-state index in [0.717, 1.165) is 32.5 Å². The van der Waals surface area contributed by atoms with Crippen molar-refractivity contribution in [3.05, 3.63) is 48.6 Å². The molecule has 3 atom stereocenters. The van der Waals surface area contributed by atoms with E-state index in [1.807, 2.05) is 30.5 Å². The van der Waals surface area contributed by atoms with Crippen molar-refractivity contribution in [3.63, 3.8) is 0 Å². The number of pyridine rings is 1. The van der Waals surface area contributed by atoms with Crippen LogP contribution in [0.1, 0.15) is 18.4 Å². The Morgan fingerprint density at radius 3 is 2.22 bits per heavy atom. The van der Waals surface area contributed by atoms with Gasteiger partial charge in [-0.1, -0.05) is 6.07 Å². The van der Waals surface area contributed by atoms with Crippen LogP contribution in [0.4, 0.5) is 26.3 Å². The third kappa shape index (κ3) is 9.03. The second-order valence-corrected chi connectivity index (χ2v) is 7.54. The van der Waals surface area contributed by atoms with Crippen LogP contribution >= 0.6 is 0 Å². The highest BCUT2D eigenvalue weighted by Gasteiger charge is 2.45. The first-order valence-electron chi connectivity index (χ1n) is 10.3. The molecular formula is C21H22F6N2O7. The number of aromatic nitrogens is 1. The Labute approximate surface area is 200 Å². The van der Waals surface area contributed by atoms with Crippen molar-refractivity contribution in [1.29, 1.82) is 0 Å². The summed E-state index contributed by atoms with van der Waals surface area (Å²) < 4.78 is 80.8. The Morgan fingerprint density at radius 1 is 1.08 bits per heavy atom. The van der Waals surface area contributed by atoms with Gasteiger partial charge in [0.15, 0.2) is 0 Å². The molecule has 4 heterocycles. The monoisotopic (exact) mass is 528 g/mol. The molecule has 2 fully saturated rings. The maximum atomic E-state index is 10.6. The Kier molecular flexibility index (Phi) is 10.1. The topological polar surface area (TPSA) is 122 Å². The molecule has 9 nitrogen and oxygen atoms in total. The third-order valence-electron chi connectivity index (χ3n) is 4.94. The van der Waals surface area contributed by atoms with Gasteiger partial charge in [-0.05, 0) is 25.0 Å². The molecule has 200 valence electrons. The molecule has 2 aromatic heterocycles. The Bertz CT molecular complexity index is 930. The highest BCUT2D eigenvalue weighted by molar-refractivity contribution is 5.73. The lowest BCUT2D eigenvalue weighted by Gasteiger charge is -2.31. The molecule has 0 spiro atoms. The summed E-state index contributed by atoms with van der Waals surface area (Å²) >= 11 is 0. The maximum Gasteiger partial charge on any atom is 0.490 e. The minimum Gasteiger partial charge on any atom is -0.475 e. The number of ether oxygens (including phenoxy) is 2. The van der Waals surface area contributed by atoms with Gasteiger partial charge in [-0.15, -0.1) is 0 Å². The van der Waals surface area contributed by atoms with Crippen LogP contribution in [0.2, 0.25) is 0 Å². The predicted molar refractivity (Wildman–Crippen MR) is 108 cm³/mol. The van der Waals surface area contributed by atoms with Crippen LogP contribution in [0.25, 0.3) is 0 Å². The molecule has 2 saturated heterocycles. The number of aliphatic carboxylic acids is 2. The van der Waals surface area contributed by atoms with Gasteiger partial charge < -0.3 is 24.1 Å². The molecule has 2 aliphatic heterocycles. The van der Waals surface area contributed by atoms with E-state index in [9.17, 15) is 26.3 Å². The maximum absolute atomic E-state index is 10.6. The smallest absolute Gasteiger partial charge is 0.475 e. The van der Waals surface area contributed by atoms with E-state index in [0.29, 0.717) is 11.9 Å². The Balaban J connectivity index is 0.000000271. The fraction of sp³-hybridized carbons (Fsp3) is 0.476. The van der Waals surface area contributed by atoms with Crippen molar-refractivity contribution >= 4 is 11.9 Å². The van der Waals surface area contributed by atoms with Crippen molar-refractivity contribution in [2.45, 2.75) is 50.0 Å². The number of carboxylic acids is 2. The van der Waals surface area contributed by atoms with Gasteiger partial charge in [-0.3, -0.25) is 4.90 Å². The van der Waals surface area contributed by atoms with Gasteiger partial charge in [-0.2, -0.15) is 26.3 Å². The number of rotatable bonds is 4. The number of hydrogen-bond acceptors (Lipinski definition) is 7. The van der Waals surface area contributed by atoms with E-state index in [-0.39, 0.29) is 12.2 Å². The van der Waals surface area contributed by atoms with Crippen LogP contribution in [0, 0.1) is 0 Å². The zero-order chi connectivity index (χ0) is 26.9. The van der Waals surface area contributed by atoms with E-state index in [1.165, 1.54) is 5.56 Å². The van der Waals surface area contributed by atoms with E-state index in [2.05, 4.69) is 9.88 Å². The Hall–Kier alpha value is -3.33. The molecule has 4 rings (SSSR count). The van der Waals surface area contributed by atoms with Crippen LogP contribution < -0.4 is 4.74 Å². The number of nitrogens with zero attached hydrogens (tertiary/aromatic N) is 2. The molecule has 0 bridgehead atoms. The van der Waals surface area contributed by atoms with Gasteiger partial charge in [0.25, 0.3) is 0 Å². The summed E-state index contributed by atoms with van der Waals surface area (Å²) in [6.45, 7) is 2.56. The Morgan fingerprint density at radius 2 is 1.72 bits per heavy atom. The number of carboxylic acid groups (broad SMARTS) is 2. The summed E-state index contributed by atoms with van der Waals surface area (Å²) in [5.74, 6) is -4.84. The van der Waals surface area contributed by atoms with E-state index >= 15 is 0 Å². The number of likely N-dealkylation sites (tertiary alicyclic amines) is 1. The zero-order valence-corrected chi connectivity index (χ0v) is 18.4.